The third-order valence-corrected chi connectivity index (χ3v) is 6.45. The van der Waals surface area contributed by atoms with Crippen LogP contribution in [-0.4, -0.2) is 55.1 Å². The second-order valence-electron chi connectivity index (χ2n) is 7.76. The Bertz CT molecular complexity index is 1280. The van der Waals surface area contributed by atoms with Gasteiger partial charge in [-0.15, -0.1) is 0 Å². The average molecular weight is 515 g/mol. The van der Waals surface area contributed by atoms with Gasteiger partial charge in [0.2, 0.25) is 10.0 Å². The highest BCUT2D eigenvalue weighted by Crippen LogP contribution is 2.33. The van der Waals surface area contributed by atoms with E-state index < -0.39 is 10.0 Å². The Morgan fingerprint density at radius 2 is 1.44 bits per heavy atom. The van der Waals surface area contributed by atoms with Crippen molar-refractivity contribution in [2.45, 2.75) is 6.54 Å². The van der Waals surface area contributed by atoms with Crippen molar-refractivity contribution < 1.29 is 32.2 Å². The lowest BCUT2D eigenvalue weighted by Crippen LogP contribution is -2.29. The predicted molar refractivity (Wildman–Crippen MR) is 138 cm³/mol. The van der Waals surface area contributed by atoms with Gasteiger partial charge in [-0.1, -0.05) is 24.3 Å². The quantitative estimate of drug-likeness (QED) is 0.369. The van der Waals surface area contributed by atoms with E-state index in [1.807, 2.05) is 12.1 Å². The van der Waals surface area contributed by atoms with Gasteiger partial charge in [0.05, 0.1) is 46.4 Å². The van der Waals surface area contributed by atoms with Crippen LogP contribution in [0.5, 0.6) is 23.0 Å². The molecule has 0 saturated heterocycles. The summed E-state index contributed by atoms with van der Waals surface area (Å²) < 4.78 is 47.8. The van der Waals surface area contributed by atoms with E-state index in [4.69, 9.17) is 18.9 Å². The van der Waals surface area contributed by atoms with Crippen molar-refractivity contribution in [3.63, 3.8) is 0 Å². The molecule has 0 spiro atoms. The van der Waals surface area contributed by atoms with Crippen LogP contribution in [0.4, 0.5) is 5.69 Å². The number of methoxy groups -OCH3 is 3. The highest BCUT2D eigenvalue weighted by Gasteiger charge is 2.20. The number of sulfonamides is 1. The lowest BCUT2D eigenvalue weighted by atomic mass is 10.1. The molecule has 0 aliphatic rings. The SMILES string of the molecule is COc1ccc(N(Cc2ccc(C(=O)NCCOc3ccccc3OC)cc2)S(C)(=O)=O)cc1OC. The van der Waals surface area contributed by atoms with Crippen molar-refractivity contribution in [2.75, 3.05) is 45.0 Å². The molecule has 3 aromatic carbocycles. The fourth-order valence-corrected chi connectivity index (χ4v) is 4.35. The Morgan fingerprint density at radius 3 is 2.06 bits per heavy atom. The van der Waals surface area contributed by atoms with E-state index >= 15 is 0 Å². The largest absolute Gasteiger partial charge is 0.493 e. The Labute approximate surface area is 211 Å². The number of para-hydroxylation sites is 2. The molecule has 0 aliphatic carbocycles. The van der Waals surface area contributed by atoms with E-state index in [0.29, 0.717) is 46.4 Å². The molecule has 1 N–H and O–H groups in total. The normalized spacial score (nSPS) is 10.9. The molecular formula is C26H30N2O7S. The smallest absolute Gasteiger partial charge is 0.251 e. The lowest BCUT2D eigenvalue weighted by molar-refractivity contribution is 0.0946. The zero-order valence-corrected chi connectivity index (χ0v) is 21.5. The monoisotopic (exact) mass is 514 g/mol. The molecule has 0 heterocycles. The van der Waals surface area contributed by atoms with Crippen LogP contribution in [0.2, 0.25) is 0 Å². The minimum absolute atomic E-state index is 0.0863. The first-order valence-corrected chi connectivity index (χ1v) is 12.9. The van der Waals surface area contributed by atoms with Gasteiger partial charge in [-0.25, -0.2) is 8.42 Å². The summed E-state index contributed by atoms with van der Waals surface area (Å²) in [4.78, 5) is 12.5. The van der Waals surface area contributed by atoms with Gasteiger partial charge < -0.3 is 24.3 Å². The standard InChI is InChI=1S/C26H30N2O7S/c1-32-22-7-5-6-8-24(22)35-16-15-27-26(29)20-11-9-19(10-12-20)18-28(36(4,30)31)21-13-14-23(33-2)25(17-21)34-3/h5-14,17H,15-16,18H2,1-4H3,(H,27,29). The molecule has 0 atom stereocenters. The summed E-state index contributed by atoms with van der Waals surface area (Å²) in [5, 5.41) is 2.80. The van der Waals surface area contributed by atoms with E-state index in [9.17, 15) is 13.2 Å². The van der Waals surface area contributed by atoms with Gasteiger partial charge in [0, 0.05) is 11.6 Å². The maximum Gasteiger partial charge on any atom is 0.251 e. The summed E-state index contributed by atoms with van der Waals surface area (Å²) in [6.45, 7) is 0.668. The van der Waals surface area contributed by atoms with Gasteiger partial charge in [-0.3, -0.25) is 9.10 Å². The first-order valence-electron chi connectivity index (χ1n) is 11.1. The van der Waals surface area contributed by atoms with E-state index in [0.717, 1.165) is 6.26 Å². The fourth-order valence-electron chi connectivity index (χ4n) is 3.47. The van der Waals surface area contributed by atoms with Gasteiger partial charge in [0.15, 0.2) is 23.0 Å². The fraction of sp³-hybridized carbons (Fsp3) is 0.269. The summed E-state index contributed by atoms with van der Waals surface area (Å²) >= 11 is 0. The topological polar surface area (TPSA) is 103 Å². The molecule has 9 nitrogen and oxygen atoms in total. The van der Waals surface area contributed by atoms with Gasteiger partial charge in [-0.05, 0) is 42.0 Å². The van der Waals surface area contributed by atoms with Crippen molar-refractivity contribution in [3.05, 3.63) is 77.9 Å². The summed E-state index contributed by atoms with van der Waals surface area (Å²) in [5.41, 5.74) is 1.60. The van der Waals surface area contributed by atoms with E-state index in [1.165, 1.54) is 18.5 Å². The van der Waals surface area contributed by atoms with Gasteiger partial charge in [0.1, 0.15) is 6.61 Å². The van der Waals surface area contributed by atoms with Crippen LogP contribution in [0.25, 0.3) is 0 Å². The van der Waals surface area contributed by atoms with Crippen LogP contribution in [-0.2, 0) is 16.6 Å². The number of hydrogen-bond acceptors (Lipinski definition) is 7. The minimum Gasteiger partial charge on any atom is -0.493 e. The number of rotatable bonds is 12. The third-order valence-electron chi connectivity index (χ3n) is 5.31. The molecule has 3 aromatic rings. The number of ether oxygens (including phenoxy) is 4. The van der Waals surface area contributed by atoms with Crippen molar-refractivity contribution in [3.8, 4) is 23.0 Å². The van der Waals surface area contributed by atoms with Crippen LogP contribution >= 0.6 is 0 Å². The van der Waals surface area contributed by atoms with Gasteiger partial charge in [-0.2, -0.15) is 0 Å². The highest BCUT2D eigenvalue weighted by atomic mass is 32.2. The molecule has 0 bridgehead atoms. The molecule has 0 aliphatic heterocycles. The van der Waals surface area contributed by atoms with Crippen LogP contribution in [0, 0.1) is 0 Å². The molecule has 0 aromatic heterocycles. The second kappa shape index (κ2) is 12.2. The number of nitrogens with one attached hydrogen (secondary N) is 1. The predicted octanol–water partition coefficient (Wildman–Crippen LogP) is 3.49. The number of carbonyl (C=O) groups is 1. The Balaban J connectivity index is 1.62. The van der Waals surface area contributed by atoms with Gasteiger partial charge in [0.25, 0.3) is 5.91 Å². The van der Waals surface area contributed by atoms with E-state index in [1.54, 1.807) is 61.7 Å². The van der Waals surface area contributed by atoms with Crippen molar-refractivity contribution >= 4 is 21.6 Å². The summed E-state index contributed by atoms with van der Waals surface area (Å²) in [6.07, 6.45) is 1.14. The van der Waals surface area contributed by atoms with Crippen LogP contribution in [0.1, 0.15) is 15.9 Å². The number of amides is 1. The lowest BCUT2D eigenvalue weighted by Gasteiger charge is -2.23. The molecule has 36 heavy (non-hydrogen) atoms. The number of carbonyl (C=O) groups excluding carboxylic acids is 1. The number of benzene rings is 3. The minimum atomic E-state index is -3.60. The number of hydrogen-bond donors (Lipinski definition) is 1. The molecular weight excluding hydrogens is 484 g/mol. The molecule has 0 saturated carbocycles. The van der Waals surface area contributed by atoms with Crippen molar-refractivity contribution in [1.82, 2.24) is 5.32 Å². The molecule has 3 rings (SSSR count). The maximum absolute atomic E-state index is 12.5. The maximum atomic E-state index is 12.5. The van der Waals surface area contributed by atoms with Crippen molar-refractivity contribution in [2.24, 2.45) is 0 Å². The molecule has 0 radical (unpaired) electrons. The summed E-state index contributed by atoms with van der Waals surface area (Å²) in [7, 11) is 0.969. The number of anilines is 1. The molecule has 0 fully saturated rings. The van der Waals surface area contributed by atoms with Crippen LogP contribution < -0.4 is 28.6 Å². The zero-order valence-electron chi connectivity index (χ0n) is 20.7. The highest BCUT2D eigenvalue weighted by molar-refractivity contribution is 7.92. The Kier molecular flexibility index (Phi) is 9.02. The molecule has 192 valence electrons. The first-order chi connectivity index (χ1) is 17.3. The van der Waals surface area contributed by atoms with Crippen LogP contribution in [0.15, 0.2) is 66.7 Å². The summed E-state index contributed by atoms with van der Waals surface area (Å²) in [6, 6.07) is 18.9. The summed E-state index contributed by atoms with van der Waals surface area (Å²) in [5.74, 6) is 1.88. The van der Waals surface area contributed by atoms with E-state index in [-0.39, 0.29) is 19.1 Å². The van der Waals surface area contributed by atoms with Gasteiger partial charge >= 0.3 is 0 Å². The molecule has 1 amide bonds. The Hall–Kier alpha value is -3.92. The third kappa shape index (κ3) is 6.82. The Morgan fingerprint density at radius 1 is 0.833 bits per heavy atom. The molecule has 10 heteroatoms. The first kappa shape index (κ1) is 26.7. The average Bonchev–Trinajstić information content (AvgIpc) is 2.89. The zero-order chi connectivity index (χ0) is 26.1. The van der Waals surface area contributed by atoms with E-state index in [2.05, 4.69) is 5.32 Å². The van der Waals surface area contributed by atoms with Crippen molar-refractivity contribution in [1.29, 1.82) is 0 Å². The number of nitrogens with zero attached hydrogens (tertiary/aromatic N) is 1. The second-order valence-corrected chi connectivity index (χ2v) is 9.67. The van der Waals surface area contributed by atoms with Crippen LogP contribution in [0.3, 0.4) is 0 Å². The molecule has 0 unspecified atom stereocenters.